The van der Waals surface area contributed by atoms with Crippen LogP contribution in [-0.4, -0.2) is 48.3 Å². The van der Waals surface area contributed by atoms with Crippen LogP contribution in [0.15, 0.2) is 23.1 Å². The number of nitro benzene ring substituents is 1. The Morgan fingerprint density at radius 2 is 1.83 bits per heavy atom. The zero-order chi connectivity index (χ0) is 21.6. The van der Waals surface area contributed by atoms with Gasteiger partial charge in [0.1, 0.15) is 5.60 Å². The molecule has 1 aromatic rings. The molecule has 3 rings (SSSR count). The number of nitro groups is 1. The van der Waals surface area contributed by atoms with Crippen molar-refractivity contribution in [2.45, 2.75) is 69.1 Å². The Bertz CT molecular complexity index is 919. The van der Waals surface area contributed by atoms with E-state index in [0.717, 1.165) is 12.8 Å². The third-order valence-corrected chi connectivity index (χ3v) is 8.05. The maximum Gasteiger partial charge on any atom is 0.410 e. The number of aryl methyl sites for hydroxylation is 1. The van der Waals surface area contributed by atoms with E-state index in [2.05, 4.69) is 0 Å². The minimum atomic E-state index is -3.52. The molecule has 8 nitrogen and oxygen atoms in total. The van der Waals surface area contributed by atoms with Crippen molar-refractivity contribution in [2.75, 3.05) is 13.1 Å². The van der Waals surface area contributed by atoms with E-state index < -0.39 is 25.6 Å². The van der Waals surface area contributed by atoms with Gasteiger partial charge >= 0.3 is 6.09 Å². The molecule has 1 spiro atoms. The summed E-state index contributed by atoms with van der Waals surface area (Å²) in [4.78, 5) is 24.5. The van der Waals surface area contributed by atoms with Crippen LogP contribution in [0.1, 0.15) is 52.0 Å². The van der Waals surface area contributed by atoms with Crippen molar-refractivity contribution in [1.82, 2.24) is 4.90 Å². The number of carbonyl (C=O) groups excluding carboxylic acids is 1. The fraction of sp³-hybridized carbons (Fsp3) is 0.650. The molecule has 29 heavy (non-hydrogen) atoms. The number of hydrogen-bond donors (Lipinski definition) is 0. The van der Waals surface area contributed by atoms with Gasteiger partial charge in [-0.2, -0.15) is 0 Å². The molecule has 9 heteroatoms. The third kappa shape index (κ3) is 4.39. The number of hydrogen-bond acceptors (Lipinski definition) is 6. The number of sulfone groups is 1. The zero-order valence-electron chi connectivity index (χ0n) is 17.3. The molecule has 1 amide bonds. The van der Waals surface area contributed by atoms with Crippen LogP contribution in [0.4, 0.5) is 10.5 Å². The topological polar surface area (TPSA) is 107 Å². The first kappa shape index (κ1) is 21.5. The lowest BCUT2D eigenvalue weighted by Gasteiger charge is -2.51. The Balaban J connectivity index is 1.61. The third-order valence-electron chi connectivity index (χ3n) is 5.93. The van der Waals surface area contributed by atoms with Crippen LogP contribution in [-0.2, 0) is 14.6 Å². The summed E-state index contributed by atoms with van der Waals surface area (Å²) in [6.45, 7) is 8.18. The minimum Gasteiger partial charge on any atom is -0.444 e. The van der Waals surface area contributed by atoms with Crippen LogP contribution < -0.4 is 0 Å². The van der Waals surface area contributed by atoms with Crippen molar-refractivity contribution in [3.8, 4) is 0 Å². The Hall–Kier alpha value is -2.16. The molecule has 0 aromatic heterocycles. The fourth-order valence-electron chi connectivity index (χ4n) is 4.23. The van der Waals surface area contributed by atoms with Gasteiger partial charge in [-0.15, -0.1) is 0 Å². The van der Waals surface area contributed by atoms with E-state index in [1.165, 1.54) is 18.2 Å². The number of piperidine rings is 1. The highest BCUT2D eigenvalue weighted by Gasteiger charge is 2.51. The molecular weight excluding hydrogens is 396 g/mol. The summed E-state index contributed by atoms with van der Waals surface area (Å²) in [5, 5.41) is 10.5. The molecule has 2 fully saturated rings. The summed E-state index contributed by atoms with van der Waals surface area (Å²) in [6.07, 6.45) is 2.33. The molecule has 0 unspecified atom stereocenters. The van der Waals surface area contributed by atoms with E-state index in [4.69, 9.17) is 4.74 Å². The molecule has 1 saturated carbocycles. The number of rotatable bonds is 3. The summed E-state index contributed by atoms with van der Waals surface area (Å²) in [7, 11) is -3.52. The summed E-state index contributed by atoms with van der Waals surface area (Å²) >= 11 is 0. The van der Waals surface area contributed by atoms with E-state index >= 15 is 0 Å². The summed E-state index contributed by atoms with van der Waals surface area (Å²) in [5.74, 6) is 0. The van der Waals surface area contributed by atoms with Crippen molar-refractivity contribution in [3.63, 3.8) is 0 Å². The van der Waals surface area contributed by atoms with E-state index in [1.807, 2.05) is 20.8 Å². The lowest BCUT2D eigenvalue weighted by Crippen LogP contribution is -2.53. The van der Waals surface area contributed by atoms with E-state index in [-0.39, 0.29) is 22.1 Å². The van der Waals surface area contributed by atoms with Gasteiger partial charge in [0.25, 0.3) is 5.69 Å². The highest BCUT2D eigenvalue weighted by molar-refractivity contribution is 7.92. The van der Waals surface area contributed by atoms with Gasteiger partial charge in [0.05, 0.1) is 15.1 Å². The predicted molar refractivity (Wildman–Crippen MR) is 108 cm³/mol. The summed E-state index contributed by atoms with van der Waals surface area (Å²) in [6, 6.07) is 3.98. The maximum atomic E-state index is 12.9. The van der Waals surface area contributed by atoms with E-state index in [9.17, 15) is 23.3 Å². The standard InChI is InChI=1S/C20H28N2O6S/c1-14-11-15(5-6-17(14)22(24)25)29(26,27)16-12-20(13-16)7-9-21(10-8-20)18(23)28-19(2,3)4/h5-6,11,16H,7-10,12-13H2,1-4H3. The SMILES string of the molecule is Cc1cc(S(=O)(=O)C2CC3(CCN(C(=O)OC(C)(C)C)CC3)C2)ccc1[N+](=O)[O-]. The second kappa shape index (κ2) is 7.27. The Morgan fingerprint density at radius 3 is 2.31 bits per heavy atom. The number of likely N-dealkylation sites (tertiary alicyclic amines) is 1. The van der Waals surface area contributed by atoms with Gasteiger partial charge in [0.15, 0.2) is 9.84 Å². The van der Waals surface area contributed by atoms with Crippen LogP contribution in [0.25, 0.3) is 0 Å². The van der Waals surface area contributed by atoms with Gasteiger partial charge in [-0.3, -0.25) is 10.1 Å². The second-order valence-corrected chi connectivity index (χ2v) is 11.5. The molecule has 1 heterocycles. The molecule has 0 N–H and O–H groups in total. The number of amides is 1. The average molecular weight is 425 g/mol. The molecule has 1 aromatic carbocycles. The summed E-state index contributed by atoms with van der Waals surface area (Å²) in [5.41, 5.74) is -0.323. The van der Waals surface area contributed by atoms with Crippen LogP contribution in [0.2, 0.25) is 0 Å². The van der Waals surface area contributed by atoms with Gasteiger partial charge in [-0.1, -0.05) is 0 Å². The van der Waals surface area contributed by atoms with Gasteiger partial charge in [-0.25, -0.2) is 13.2 Å². The van der Waals surface area contributed by atoms with Gasteiger partial charge in [0.2, 0.25) is 0 Å². The number of benzene rings is 1. The molecule has 1 aliphatic carbocycles. The lowest BCUT2D eigenvalue weighted by molar-refractivity contribution is -0.385. The first-order chi connectivity index (χ1) is 13.3. The molecule has 2 aliphatic rings. The van der Waals surface area contributed by atoms with Crippen LogP contribution >= 0.6 is 0 Å². The molecule has 160 valence electrons. The highest BCUT2D eigenvalue weighted by atomic mass is 32.2. The van der Waals surface area contributed by atoms with Gasteiger partial charge < -0.3 is 9.64 Å². The molecule has 1 aliphatic heterocycles. The zero-order valence-corrected chi connectivity index (χ0v) is 18.1. The Morgan fingerprint density at radius 1 is 1.24 bits per heavy atom. The molecule has 0 bridgehead atoms. The van der Waals surface area contributed by atoms with Crippen molar-refractivity contribution in [2.24, 2.45) is 5.41 Å². The monoisotopic (exact) mass is 424 g/mol. The molecule has 0 atom stereocenters. The number of ether oxygens (including phenoxy) is 1. The van der Waals surface area contributed by atoms with Crippen molar-refractivity contribution < 1.29 is 22.9 Å². The highest BCUT2D eigenvalue weighted by Crippen LogP contribution is 2.52. The first-order valence-electron chi connectivity index (χ1n) is 9.80. The van der Waals surface area contributed by atoms with Crippen LogP contribution in [0, 0.1) is 22.5 Å². The maximum absolute atomic E-state index is 12.9. The molecular formula is C20H28N2O6S. The largest absolute Gasteiger partial charge is 0.444 e. The van der Waals surface area contributed by atoms with Crippen molar-refractivity contribution in [1.29, 1.82) is 0 Å². The Kier molecular flexibility index (Phi) is 5.40. The normalized spacial score (nSPS) is 19.7. The van der Waals surface area contributed by atoms with Crippen molar-refractivity contribution >= 4 is 21.6 Å². The van der Waals surface area contributed by atoms with Crippen molar-refractivity contribution in [3.05, 3.63) is 33.9 Å². The smallest absolute Gasteiger partial charge is 0.410 e. The lowest BCUT2D eigenvalue weighted by atomic mass is 9.63. The van der Waals surface area contributed by atoms with Crippen LogP contribution in [0.3, 0.4) is 0 Å². The fourth-order valence-corrected chi connectivity index (χ4v) is 6.36. The van der Waals surface area contributed by atoms with E-state index in [1.54, 1.807) is 11.8 Å². The van der Waals surface area contributed by atoms with Crippen LogP contribution in [0.5, 0.6) is 0 Å². The Labute approximate surface area is 171 Å². The minimum absolute atomic E-state index is 0.0495. The average Bonchev–Trinajstić information content (AvgIpc) is 2.57. The number of nitrogens with zero attached hydrogens (tertiary/aromatic N) is 2. The second-order valence-electron chi connectivity index (χ2n) is 9.25. The predicted octanol–water partition coefficient (Wildman–Crippen LogP) is 3.86. The molecule has 1 saturated heterocycles. The number of carbonyl (C=O) groups is 1. The summed E-state index contributed by atoms with van der Waals surface area (Å²) < 4.78 is 31.3. The van der Waals surface area contributed by atoms with E-state index in [0.29, 0.717) is 31.5 Å². The molecule has 0 radical (unpaired) electrons. The first-order valence-corrected chi connectivity index (χ1v) is 11.3. The van der Waals surface area contributed by atoms with Gasteiger partial charge in [-0.05, 0) is 70.9 Å². The van der Waals surface area contributed by atoms with Gasteiger partial charge in [0, 0.05) is 24.7 Å². The quantitative estimate of drug-likeness (QED) is 0.539.